The summed E-state index contributed by atoms with van der Waals surface area (Å²) in [5, 5.41) is 3.35. The first-order valence-electron chi connectivity index (χ1n) is 8.11. The van der Waals surface area contributed by atoms with Gasteiger partial charge in [0.15, 0.2) is 9.84 Å². The zero-order valence-electron chi connectivity index (χ0n) is 13.0. The van der Waals surface area contributed by atoms with Crippen LogP contribution < -0.4 is 5.32 Å². The maximum Gasteiger partial charge on any atom is 0.151 e. The van der Waals surface area contributed by atoms with E-state index in [0.717, 1.165) is 44.7 Å². The number of hydrogen-bond acceptors (Lipinski definition) is 4. The lowest BCUT2D eigenvalue weighted by molar-refractivity contribution is 0.181. The number of sulfone groups is 1. The molecular formula is C15H30N2O2S. The second-order valence-electron chi connectivity index (χ2n) is 6.76. The van der Waals surface area contributed by atoms with Crippen molar-refractivity contribution in [1.29, 1.82) is 0 Å². The van der Waals surface area contributed by atoms with Gasteiger partial charge < -0.3 is 10.2 Å². The summed E-state index contributed by atoms with van der Waals surface area (Å²) < 4.78 is 23.7. The molecule has 2 rings (SSSR count). The molecule has 5 heteroatoms. The Bertz CT molecular complexity index is 397. The van der Waals surface area contributed by atoms with Crippen molar-refractivity contribution in [3.05, 3.63) is 0 Å². The average Bonchev–Trinajstić information content (AvgIpc) is 2.38. The molecule has 20 heavy (non-hydrogen) atoms. The van der Waals surface area contributed by atoms with Gasteiger partial charge in [-0.2, -0.15) is 0 Å². The maximum atomic E-state index is 11.9. The van der Waals surface area contributed by atoms with Crippen molar-refractivity contribution >= 4 is 9.84 Å². The van der Waals surface area contributed by atoms with Gasteiger partial charge in [-0.1, -0.05) is 19.8 Å². The summed E-state index contributed by atoms with van der Waals surface area (Å²) in [6, 6.07) is 0.168. The molecule has 0 unspecified atom stereocenters. The van der Waals surface area contributed by atoms with Gasteiger partial charge in [0, 0.05) is 31.9 Å². The SMILES string of the molecule is C[C@@H]1CCCN(CCN[C@@H]2CCCC[C@H]2S(C)(=O)=O)C1. The van der Waals surface area contributed by atoms with Gasteiger partial charge in [0.25, 0.3) is 0 Å². The van der Waals surface area contributed by atoms with Crippen LogP contribution >= 0.6 is 0 Å². The van der Waals surface area contributed by atoms with Crippen molar-refractivity contribution in [3.8, 4) is 0 Å². The fraction of sp³-hybridized carbons (Fsp3) is 1.00. The molecular weight excluding hydrogens is 272 g/mol. The van der Waals surface area contributed by atoms with Crippen molar-refractivity contribution in [2.45, 2.75) is 56.7 Å². The van der Waals surface area contributed by atoms with E-state index >= 15 is 0 Å². The lowest BCUT2D eigenvalue weighted by Crippen LogP contribution is -2.48. The minimum atomic E-state index is -2.92. The van der Waals surface area contributed by atoms with E-state index in [-0.39, 0.29) is 11.3 Å². The van der Waals surface area contributed by atoms with Gasteiger partial charge in [-0.3, -0.25) is 0 Å². The predicted octanol–water partition coefficient (Wildman–Crippen LogP) is 1.66. The predicted molar refractivity (Wildman–Crippen MR) is 83.7 cm³/mol. The van der Waals surface area contributed by atoms with E-state index in [9.17, 15) is 8.42 Å². The van der Waals surface area contributed by atoms with Crippen LogP contribution in [0.2, 0.25) is 0 Å². The van der Waals surface area contributed by atoms with Crippen molar-refractivity contribution in [2.75, 3.05) is 32.4 Å². The summed E-state index contributed by atoms with van der Waals surface area (Å²) in [4.78, 5) is 2.51. The molecule has 0 bridgehead atoms. The fourth-order valence-corrected chi connectivity index (χ4v) is 5.16. The Morgan fingerprint density at radius 1 is 1.15 bits per heavy atom. The van der Waals surface area contributed by atoms with Crippen molar-refractivity contribution in [2.24, 2.45) is 5.92 Å². The standard InChI is InChI=1S/C15H30N2O2S/c1-13-6-5-10-17(12-13)11-9-16-14-7-3-4-8-15(14)20(2,18)19/h13-16H,3-12H2,1-2H3/t13-,14-,15-/m1/s1. The number of nitrogens with zero attached hydrogens (tertiary/aromatic N) is 1. The zero-order valence-corrected chi connectivity index (χ0v) is 13.8. The number of hydrogen-bond donors (Lipinski definition) is 1. The van der Waals surface area contributed by atoms with Crippen LogP contribution in [0.5, 0.6) is 0 Å². The molecule has 1 saturated carbocycles. The highest BCUT2D eigenvalue weighted by molar-refractivity contribution is 7.91. The van der Waals surface area contributed by atoms with Gasteiger partial charge >= 0.3 is 0 Å². The topological polar surface area (TPSA) is 49.4 Å². The molecule has 2 aliphatic rings. The van der Waals surface area contributed by atoms with Gasteiger partial charge in [-0.15, -0.1) is 0 Å². The van der Waals surface area contributed by atoms with E-state index in [1.807, 2.05) is 0 Å². The minimum Gasteiger partial charge on any atom is -0.311 e. The quantitative estimate of drug-likeness (QED) is 0.839. The smallest absolute Gasteiger partial charge is 0.151 e. The first kappa shape index (κ1) is 16.2. The normalized spacial score (nSPS) is 33.2. The Morgan fingerprint density at radius 3 is 2.60 bits per heavy atom. The Morgan fingerprint density at radius 2 is 1.90 bits per heavy atom. The van der Waals surface area contributed by atoms with Crippen molar-refractivity contribution in [3.63, 3.8) is 0 Å². The molecule has 0 amide bonds. The van der Waals surface area contributed by atoms with E-state index in [4.69, 9.17) is 0 Å². The Kier molecular flexibility index (Phi) is 5.87. The lowest BCUT2D eigenvalue weighted by atomic mass is 9.95. The summed E-state index contributed by atoms with van der Waals surface area (Å²) in [5.41, 5.74) is 0. The number of rotatable bonds is 5. The highest BCUT2D eigenvalue weighted by Gasteiger charge is 2.32. The molecule has 1 aliphatic carbocycles. The number of piperidine rings is 1. The fourth-order valence-electron chi connectivity index (χ4n) is 3.74. The molecule has 1 saturated heterocycles. The van der Waals surface area contributed by atoms with Crippen LogP contribution in [0, 0.1) is 5.92 Å². The van der Waals surface area contributed by atoms with E-state index < -0.39 is 9.84 Å². The monoisotopic (exact) mass is 302 g/mol. The minimum absolute atomic E-state index is 0.168. The van der Waals surface area contributed by atoms with Crippen LogP contribution in [0.4, 0.5) is 0 Å². The molecule has 1 N–H and O–H groups in total. The van der Waals surface area contributed by atoms with Crippen LogP contribution in [0.3, 0.4) is 0 Å². The molecule has 3 atom stereocenters. The molecule has 0 aromatic heterocycles. The molecule has 0 aromatic rings. The number of likely N-dealkylation sites (tertiary alicyclic amines) is 1. The second-order valence-corrected chi connectivity index (χ2v) is 9.03. The molecule has 0 radical (unpaired) electrons. The van der Waals surface area contributed by atoms with Crippen LogP contribution in [-0.2, 0) is 9.84 Å². The summed E-state index contributed by atoms with van der Waals surface area (Å²) in [6.45, 7) is 6.69. The van der Waals surface area contributed by atoms with Gasteiger partial charge in [0.2, 0.25) is 0 Å². The third-order valence-corrected chi connectivity index (χ3v) is 6.49. The van der Waals surface area contributed by atoms with Gasteiger partial charge in [0.05, 0.1) is 5.25 Å². The second kappa shape index (κ2) is 7.23. The third kappa shape index (κ3) is 4.71. The van der Waals surface area contributed by atoms with Gasteiger partial charge in [-0.05, 0) is 38.1 Å². The Balaban J connectivity index is 1.77. The van der Waals surface area contributed by atoms with Crippen molar-refractivity contribution in [1.82, 2.24) is 10.2 Å². The first-order chi connectivity index (χ1) is 9.47. The summed E-state index contributed by atoms with van der Waals surface area (Å²) >= 11 is 0. The first-order valence-corrected chi connectivity index (χ1v) is 10.1. The molecule has 1 heterocycles. The van der Waals surface area contributed by atoms with Crippen molar-refractivity contribution < 1.29 is 8.42 Å². The van der Waals surface area contributed by atoms with Gasteiger partial charge in [-0.25, -0.2) is 8.42 Å². The third-order valence-electron chi connectivity index (χ3n) is 4.83. The van der Waals surface area contributed by atoms with E-state index in [2.05, 4.69) is 17.1 Å². The highest BCUT2D eigenvalue weighted by atomic mass is 32.2. The maximum absolute atomic E-state index is 11.9. The summed E-state index contributed by atoms with van der Waals surface area (Å²) in [7, 11) is -2.92. The highest BCUT2D eigenvalue weighted by Crippen LogP contribution is 2.24. The summed E-state index contributed by atoms with van der Waals surface area (Å²) in [6.07, 6.45) is 8.10. The van der Waals surface area contributed by atoms with Crippen LogP contribution in [0.15, 0.2) is 0 Å². The molecule has 0 spiro atoms. The van der Waals surface area contributed by atoms with E-state index in [1.165, 1.54) is 32.2 Å². The largest absolute Gasteiger partial charge is 0.311 e. The Labute approximate surface area is 124 Å². The average molecular weight is 302 g/mol. The molecule has 118 valence electrons. The van der Waals surface area contributed by atoms with E-state index in [1.54, 1.807) is 0 Å². The van der Waals surface area contributed by atoms with E-state index in [0.29, 0.717) is 0 Å². The Hall–Kier alpha value is -0.130. The molecule has 1 aliphatic heterocycles. The summed E-state index contributed by atoms with van der Waals surface area (Å²) in [5.74, 6) is 0.808. The zero-order chi connectivity index (χ0) is 14.6. The lowest BCUT2D eigenvalue weighted by Gasteiger charge is -2.34. The van der Waals surface area contributed by atoms with Crippen LogP contribution in [-0.4, -0.2) is 57.0 Å². The molecule has 2 fully saturated rings. The van der Waals surface area contributed by atoms with Crippen LogP contribution in [0.25, 0.3) is 0 Å². The number of nitrogens with one attached hydrogen (secondary N) is 1. The van der Waals surface area contributed by atoms with Gasteiger partial charge in [0.1, 0.15) is 0 Å². The van der Waals surface area contributed by atoms with Crippen LogP contribution in [0.1, 0.15) is 45.4 Å². The molecule has 4 nitrogen and oxygen atoms in total. The molecule has 0 aromatic carbocycles.